The van der Waals surface area contributed by atoms with E-state index in [1.54, 1.807) is 0 Å². The van der Waals surface area contributed by atoms with Crippen LogP contribution in [0, 0.1) is 0 Å². The molecule has 0 bridgehead atoms. The quantitative estimate of drug-likeness (QED) is 0.554. The third-order valence-corrected chi connectivity index (χ3v) is 1.93. The van der Waals surface area contributed by atoms with Crippen LogP contribution in [0.25, 0.3) is 0 Å². The summed E-state index contributed by atoms with van der Waals surface area (Å²) in [4.78, 5) is -5.84. The molecule has 0 aromatic carbocycles. The molecule has 0 aliphatic rings. The van der Waals surface area contributed by atoms with Crippen LogP contribution in [0.1, 0.15) is 0 Å². The minimum atomic E-state index is -7.30. The Bertz CT molecular complexity index is 255. The molecule has 0 saturated heterocycles. The van der Waals surface area contributed by atoms with Gasteiger partial charge in [-0.25, -0.2) is 0 Å². The third kappa shape index (κ3) is 2.33. The molecule has 0 nitrogen and oxygen atoms in total. The molecule has 0 aromatic heterocycles. The van der Waals surface area contributed by atoms with E-state index in [-0.39, 0.29) is 16.3 Å². The predicted molar refractivity (Wildman–Crippen MR) is 31.6 cm³/mol. The van der Waals surface area contributed by atoms with Gasteiger partial charge in [-0.1, -0.05) is 0 Å². The summed E-state index contributed by atoms with van der Waals surface area (Å²) < 4.78 is 131. The van der Waals surface area contributed by atoms with Crippen molar-refractivity contribution in [2.45, 2.75) is 28.7 Å². The van der Waals surface area contributed by atoms with Gasteiger partial charge < -0.3 is 0 Å². The summed E-state index contributed by atoms with van der Waals surface area (Å²) in [6, 6.07) is 0. The van der Waals surface area contributed by atoms with E-state index < -0.39 is 28.7 Å². The van der Waals surface area contributed by atoms with Crippen LogP contribution in [-0.4, -0.2) is 45.0 Å². The Morgan fingerprint density at radius 3 is 0.941 bits per heavy atom. The van der Waals surface area contributed by atoms with Gasteiger partial charge in [0.2, 0.25) is 0 Å². The van der Waals surface area contributed by atoms with Gasteiger partial charge in [0, 0.05) is 0 Å². The van der Waals surface area contributed by atoms with Gasteiger partial charge in [-0.05, 0) is 0 Å². The zero-order chi connectivity index (χ0) is 14.5. The van der Waals surface area contributed by atoms with E-state index in [0.717, 1.165) is 0 Å². The van der Waals surface area contributed by atoms with E-state index in [2.05, 4.69) is 0 Å². The van der Waals surface area contributed by atoms with Crippen molar-refractivity contribution in [3.05, 3.63) is 0 Å². The summed E-state index contributed by atoms with van der Waals surface area (Å²) in [6.07, 6.45) is -7.10. The third-order valence-electron chi connectivity index (χ3n) is 1.56. The first kappa shape index (κ1) is 16.8. The predicted octanol–water partition coefficient (Wildman–Crippen LogP) is 3.22. The van der Waals surface area contributed by atoms with Gasteiger partial charge in [0.15, 0.2) is 0 Å². The molecule has 0 radical (unpaired) electrons. The average molecular weight is 296 g/mol. The van der Waals surface area contributed by atoms with E-state index in [1.165, 1.54) is 0 Å². The summed E-state index contributed by atoms with van der Waals surface area (Å²) >= 11 is -0.217. The molecule has 17 heavy (non-hydrogen) atoms. The molecule has 0 unspecified atom stereocenters. The Balaban J connectivity index is 5.73. The minimum absolute atomic E-state index is 0.217. The molecule has 0 N–H and O–H groups in total. The Kier molecular flexibility index (Phi) is 3.82. The van der Waals surface area contributed by atoms with Gasteiger partial charge in [-0.2, -0.15) is 0 Å². The van der Waals surface area contributed by atoms with Crippen molar-refractivity contribution in [3.63, 3.8) is 0 Å². The topological polar surface area (TPSA) is 0 Å². The molecule has 0 heterocycles. The van der Waals surface area contributed by atoms with Gasteiger partial charge >= 0.3 is 93.3 Å². The maximum absolute atomic E-state index is 12.3. The number of rotatable bonds is 3. The average Bonchev–Trinajstić information content (AvgIpc) is 1.98. The molecule has 0 aliphatic carbocycles. The van der Waals surface area contributed by atoms with Crippen molar-refractivity contribution < 1.29 is 48.3 Å². The molecule has 0 aliphatic heterocycles. The second-order valence-corrected chi connectivity index (χ2v) is 3.57. The van der Waals surface area contributed by atoms with Crippen LogP contribution in [0.2, 0.25) is 0 Å². The number of hydrogen-bond donors (Lipinski definition) is 0. The zero-order valence-electron chi connectivity index (χ0n) is 7.23. The standard InChI is InChI=1S/C5F11.Al/c6-1(7)2(8,9)3(10,11)4(12,13)5(14,15)16;/q;+2. The molecule has 0 amide bonds. The van der Waals surface area contributed by atoms with Crippen LogP contribution < -0.4 is 0 Å². The Morgan fingerprint density at radius 2 is 0.765 bits per heavy atom. The second kappa shape index (κ2) is 3.88. The first-order chi connectivity index (χ1) is 7.00. The van der Waals surface area contributed by atoms with Crippen molar-refractivity contribution in [2.75, 3.05) is 0 Å². The molecule has 0 fully saturated rings. The Labute approximate surface area is 94.2 Å². The molecule has 0 aromatic rings. The van der Waals surface area contributed by atoms with Gasteiger partial charge in [-0.3, -0.25) is 0 Å². The van der Waals surface area contributed by atoms with E-state index >= 15 is 0 Å². The van der Waals surface area contributed by atoms with Gasteiger partial charge in [0.1, 0.15) is 0 Å². The fraction of sp³-hybridized carbons (Fsp3) is 1.00. The zero-order valence-corrected chi connectivity index (χ0v) is 8.39. The summed E-state index contributed by atoms with van der Waals surface area (Å²) in [7, 11) is 0. The van der Waals surface area contributed by atoms with Crippen LogP contribution >= 0.6 is 0 Å². The normalized spacial score (nSPS) is 16.3. The monoisotopic (exact) mass is 296 g/mol. The number of alkyl halides is 11. The first-order valence-electron chi connectivity index (χ1n) is 3.37. The van der Waals surface area contributed by atoms with Crippen LogP contribution in [0.3, 0.4) is 0 Å². The van der Waals surface area contributed by atoms with Crippen LogP contribution in [0.15, 0.2) is 0 Å². The van der Waals surface area contributed by atoms with Crippen LogP contribution in [-0.2, 0) is 0 Å². The van der Waals surface area contributed by atoms with Crippen LogP contribution in [0.5, 0.6) is 0 Å². The summed E-state index contributed by atoms with van der Waals surface area (Å²) in [5, 5.41) is 0. The maximum atomic E-state index is 12.3. The van der Waals surface area contributed by atoms with Crippen molar-refractivity contribution in [2.24, 2.45) is 0 Å². The van der Waals surface area contributed by atoms with E-state index in [9.17, 15) is 48.3 Å². The first-order valence-corrected chi connectivity index (χ1v) is 3.94. The summed E-state index contributed by atoms with van der Waals surface area (Å²) in [5.74, 6) is -21.5. The molecular weight excluding hydrogens is 296 g/mol. The molecule has 12 heteroatoms. The van der Waals surface area contributed by atoms with Gasteiger partial charge in [0.25, 0.3) is 0 Å². The molecular formula is C5AlF11+2. The second-order valence-electron chi connectivity index (χ2n) is 2.84. The van der Waals surface area contributed by atoms with E-state index in [1.807, 2.05) is 0 Å². The van der Waals surface area contributed by atoms with Crippen molar-refractivity contribution in [1.82, 2.24) is 0 Å². The van der Waals surface area contributed by atoms with E-state index in [4.69, 9.17) is 0 Å². The van der Waals surface area contributed by atoms with Crippen molar-refractivity contribution >= 4 is 16.3 Å². The van der Waals surface area contributed by atoms with Crippen LogP contribution in [0.4, 0.5) is 48.3 Å². The number of hydrogen-bond acceptors (Lipinski definition) is 0. The Hall–Kier alpha value is -0.238. The summed E-state index contributed by atoms with van der Waals surface area (Å²) in [5.41, 5.74) is 0. The molecule has 0 saturated carbocycles. The van der Waals surface area contributed by atoms with E-state index in [0.29, 0.717) is 0 Å². The molecule has 0 rings (SSSR count). The van der Waals surface area contributed by atoms with Crippen molar-refractivity contribution in [3.8, 4) is 0 Å². The fourth-order valence-electron chi connectivity index (χ4n) is 0.584. The van der Waals surface area contributed by atoms with Gasteiger partial charge in [0.05, 0.1) is 0 Å². The van der Waals surface area contributed by atoms with Crippen molar-refractivity contribution in [1.29, 1.82) is 0 Å². The Morgan fingerprint density at radius 1 is 0.471 bits per heavy atom. The van der Waals surface area contributed by atoms with Gasteiger partial charge in [-0.15, -0.1) is 0 Å². The summed E-state index contributed by atoms with van der Waals surface area (Å²) in [6.45, 7) is 0. The molecule has 0 atom stereocenters. The SMILES string of the molecule is FC(F)(F)C(F)(F)C(F)(F)C(F)(F)[C](F)(F)[Al+2]. The number of halogens is 11. The fourth-order valence-corrected chi connectivity index (χ4v) is 0.766. The molecule has 0 spiro atoms. The molecule has 98 valence electrons.